The van der Waals surface area contributed by atoms with Gasteiger partial charge in [-0.3, -0.25) is 4.79 Å². The number of carbonyl (C=O) groups excluding carboxylic acids is 1. The molecule has 8 heteroatoms. The summed E-state index contributed by atoms with van der Waals surface area (Å²) in [4.78, 5) is 11.0. The van der Waals surface area contributed by atoms with Crippen LogP contribution < -0.4 is 10.5 Å². The predicted molar refractivity (Wildman–Crippen MR) is 68.1 cm³/mol. The molecule has 0 atom stereocenters. The van der Waals surface area contributed by atoms with Gasteiger partial charge in [-0.15, -0.1) is 0 Å². The number of hydrogen-bond acceptors (Lipinski definition) is 3. The molecule has 0 fully saturated rings. The van der Waals surface area contributed by atoms with Crippen molar-refractivity contribution in [1.29, 1.82) is 0 Å². The predicted octanol–water partition coefficient (Wildman–Crippen LogP) is 1.38. The van der Waals surface area contributed by atoms with E-state index < -0.39 is 26.6 Å². The Hall–Kier alpha value is -0.990. The lowest BCUT2D eigenvalue weighted by Gasteiger charge is -2.08. The molecular weight excluding hydrogens is 327 g/mol. The van der Waals surface area contributed by atoms with Gasteiger partial charge in [0.25, 0.3) is 5.91 Å². The Bertz CT molecular complexity index is 575. The molecule has 100 valence electrons. The Morgan fingerprint density at radius 1 is 1.50 bits per heavy atom. The molecule has 0 aromatic heterocycles. The largest absolute Gasteiger partial charge is 0.352 e. The van der Waals surface area contributed by atoms with Crippen LogP contribution in [0.5, 0.6) is 0 Å². The quantitative estimate of drug-likeness (QED) is 0.868. The zero-order valence-electron chi connectivity index (χ0n) is 9.54. The van der Waals surface area contributed by atoms with Gasteiger partial charge in [-0.1, -0.05) is 6.92 Å². The van der Waals surface area contributed by atoms with Crippen LogP contribution in [-0.2, 0) is 10.0 Å². The normalized spacial score (nSPS) is 11.3. The number of nitrogens with two attached hydrogens (primary N) is 1. The van der Waals surface area contributed by atoms with Gasteiger partial charge < -0.3 is 5.32 Å². The third-order valence-corrected chi connectivity index (χ3v) is 3.69. The minimum Gasteiger partial charge on any atom is -0.352 e. The molecule has 0 saturated heterocycles. The van der Waals surface area contributed by atoms with Gasteiger partial charge in [0.1, 0.15) is 10.7 Å². The van der Waals surface area contributed by atoms with Crippen molar-refractivity contribution < 1.29 is 17.6 Å². The van der Waals surface area contributed by atoms with Crippen LogP contribution in [-0.4, -0.2) is 20.9 Å². The van der Waals surface area contributed by atoms with E-state index in [4.69, 9.17) is 5.14 Å². The average molecular weight is 339 g/mol. The summed E-state index contributed by atoms with van der Waals surface area (Å²) >= 11 is 3.00. The van der Waals surface area contributed by atoms with Crippen LogP contribution in [0.3, 0.4) is 0 Å². The molecule has 3 N–H and O–H groups in total. The number of carbonyl (C=O) groups is 1. The van der Waals surface area contributed by atoms with Gasteiger partial charge in [0.15, 0.2) is 0 Å². The second-order valence-electron chi connectivity index (χ2n) is 3.56. The lowest BCUT2D eigenvalue weighted by atomic mass is 10.2. The molecular formula is C10H12BrFN2O3S. The van der Waals surface area contributed by atoms with E-state index >= 15 is 0 Å². The average Bonchev–Trinajstić information content (AvgIpc) is 2.24. The second-order valence-corrected chi connectivity index (χ2v) is 5.95. The van der Waals surface area contributed by atoms with Crippen molar-refractivity contribution >= 4 is 31.9 Å². The number of benzene rings is 1. The van der Waals surface area contributed by atoms with E-state index in [9.17, 15) is 17.6 Å². The van der Waals surface area contributed by atoms with Crippen LogP contribution >= 0.6 is 15.9 Å². The number of primary sulfonamides is 1. The SMILES string of the molecule is CCCNC(=O)c1cc(S(N)(=O)=O)c(F)cc1Br. The standard InChI is InChI=1S/C10H12BrFN2O3S/c1-2-3-14-10(15)6-4-9(18(13,16)17)8(12)5-7(6)11/h4-5H,2-3H2,1H3,(H,14,15)(H2,13,16,17). The summed E-state index contributed by atoms with van der Waals surface area (Å²) in [7, 11) is -4.20. The fourth-order valence-corrected chi connectivity index (χ4v) is 2.36. The molecule has 18 heavy (non-hydrogen) atoms. The van der Waals surface area contributed by atoms with Crippen LogP contribution in [0.1, 0.15) is 23.7 Å². The van der Waals surface area contributed by atoms with E-state index in [0.717, 1.165) is 18.6 Å². The Kier molecular flexibility index (Phi) is 4.83. The van der Waals surface area contributed by atoms with Crippen LogP contribution in [0.2, 0.25) is 0 Å². The molecule has 0 aliphatic carbocycles. The van der Waals surface area contributed by atoms with Gasteiger partial charge in [-0.25, -0.2) is 17.9 Å². The maximum Gasteiger partial charge on any atom is 0.252 e. The van der Waals surface area contributed by atoms with Crippen LogP contribution in [0.4, 0.5) is 4.39 Å². The molecule has 0 radical (unpaired) electrons. The molecule has 0 spiro atoms. The molecule has 0 bridgehead atoms. The number of nitrogens with one attached hydrogen (secondary N) is 1. The third-order valence-electron chi connectivity index (χ3n) is 2.11. The van der Waals surface area contributed by atoms with Crippen LogP contribution in [0.25, 0.3) is 0 Å². The number of sulfonamides is 1. The Labute approximate surface area is 113 Å². The van der Waals surface area contributed by atoms with Gasteiger partial charge in [-0.05, 0) is 34.5 Å². The van der Waals surface area contributed by atoms with E-state index in [0.29, 0.717) is 6.54 Å². The summed E-state index contributed by atoms with van der Waals surface area (Å²) in [6.45, 7) is 2.31. The van der Waals surface area contributed by atoms with E-state index in [1.165, 1.54) is 0 Å². The first kappa shape index (κ1) is 15.1. The lowest BCUT2D eigenvalue weighted by molar-refractivity contribution is 0.0952. The van der Waals surface area contributed by atoms with Crippen molar-refractivity contribution in [3.63, 3.8) is 0 Å². The van der Waals surface area contributed by atoms with E-state index in [1.807, 2.05) is 6.92 Å². The minimum absolute atomic E-state index is 0.0221. The Morgan fingerprint density at radius 3 is 2.61 bits per heavy atom. The highest BCUT2D eigenvalue weighted by Gasteiger charge is 2.20. The molecule has 5 nitrogen and oxygen atoms in total. The molecule has 0 aliphatic heterocycles. The molecule has 1 amide bonds. The molecule has 0 heterocycles. The highest BCUT2D eigenvalue weighted by atomic mass is 79.9. The van der Waals surface area contributed by atoms with Crippen molar-refractivity contribution in [2.45, 2.75) is 18.2 Å². The maximum atomic E-state index is 13.4. The van der Waals surface area contributed by atoms with Gasteiger partial charge >= 0.3 is 0 Å². The molecule has 0 saturated carbocycles. The van der Waals surface area contributed by atoms with Crippen molar-refractivity contribution in [1.82, 2.24) is 5.32 Å². The third kappa shape index (κ3) is 3.50. The maximum absolute atomic E-state index is 13.4. The molecule has 1 aromatic rings. The van der Waals surface area contributed by atoms with Gasteiger partial charge in [0.2, 0.25) is 10.0 Å². The minimum atomic E-state index is -4.20. The summed E-state index contributed by atoms with van der Waals surface area (Å²) in [5, 5.41) is 7.42. The highest BCUT2D eigenvalue weighted by Crippen LogP contribution is 2.23. The summed E-state index contributed by atoms with van der Waals surface area (Å²) in [6, 6.07) is 1.82. The highest BCUT2D eigenvalue weighted by molar-refractivity contribution is 9.10. The summed E-state index contributed by atoms with van der Waals surface area (Å²) in [6.07, 6.45) is 0.729. The van der Waals surface area contributed by atoms with E-state index in [-0.39, 0.29) is 10.0 Å². The Morgan fingerprint density at radius 2 is 2.11 bits per heavy atom. The fourth-order valence-electron chi connectivity index (χ4n) is 1.25. The second kappa shape index (κ2) is 5.77. The summed E-state index contributed by atoms with van der Waals surface area (Å²) in [5.41, 5.74) is 0.0221. The molecule has 1 aromatic carbocycles. The lowest BCUT2D eigenvalue weighted by Crippen LogP contribution is -2.25. The first-order chi connectivity index (χ1) is 8.27. The van der Waals surface area contributed by atoms with E-state index in [1.54, 1.807) is 0 Å². The molecule has 0 aliphatic rings. The first-order valence-electron chi connectivity index (χ1n) is 5.07. The van der Waals surface area contributed by atoms with Crippen molar-refractivity contribution in [2.24, 2.45) is 5.14 Å². The monoisotopic (exact) mass is 338 g/mol. The van der Waals surface area contributed by atoms with E-state index in [2.05, 4.69) is 21.2 Å². The number of amides is 1. The Balaban J connectivity index is 3.26. The number of halogens is 2. The summed E-state index contributed by atoms with van der Waals surface area (Å²) < 4.78 is 35.9. The van der Waals surface area contributed by atoms with Gasteiger partial charge in [0, 0.05) is 11.0 Å². The van der Waals surface area contributed by atoms with Crippen molar-refractivity contribution in [3.05, 3.63) is 28.0 Å². The van der Waals surface area contributed by atoms with Gasteiger partial charge in [0.05, 0.1) is 5.56 Å². The van der Waals surface area contributed by atoms with Gasteiger partial charge in [-0.2, -0.15) is 0 Å². The summed E-state index contributed by atoms with van der Waals surface area (Å²) in [5.74, 6) is -1.50. The number of rotatable bonds is 4. The molecule has 1 rings (SSSR count). The topological polar surface area (TPSA) is 89.3 Å². The zero-order valence-corrected chi connectivity index (χ0v) is 11.9. The smallest absolute Gasteiger partial charge is 0.252 e. The molecule has 0 unspecified atom stereocenters. The fraction of sp³-hybridized carbons (Fsp3) is 0.300. The van der Waals surface area contributed by atoms with Crippen molar-refractivity contribution in [2.75, 3.05) is 6.54 Å². The van der Waals surface area contributed by atoms with Crippen LogP contribution in [0, 0.1) is 5.82 Å². The van der Waals surface area contributed by atoms with Crippen LogP contribution in [0.15, 0.2) is 21.5 Å². The zero-order chi connectivity index (χ0) is 13.9. The number of hydrogen-bond donors (Lipinski definition) is 2. The first-order valence-corrected chi connectivity index (χ1v) is 7.41. The van der Waals surface area contributed by atoms with Crippen molar-refractivity contribution in [3.8, 4) is 0 Å².